The van der Waals surface area contributed by atoms with Crippen LogP contribution < -0.4 is 10.1 Å². The zero-order valence-corrected chi connectivity index (χ0v) is 9.96. The molecule has 1 fully saturated rings. The largest absolute Gasteiger partial charge is 0.416 e. The Morgan fingerprint density at radius 3 is 3.12 bits per heavy atom. The number of ether oxygens (including phenoxy) is 1. The standard InChI is InChI=1S/C11H16N4O2/c1-8-6-15(9(2)5-13-8)11(16)17-10-3-4-12-7-14-10/h3-4,7-9,13H,5-6H2,1-2H3. The molecule has 1 aliphatic rings. The van der Waals surface area contributed by atoms with Crippen LogP contribution in [0.15, 0.2) is 18.6 Å². The van der Waals surface area contributed by atoms with Crippen molar-refractivity contribution in [2.45, 2.75) is 25.9 Å². The van der Waals surface area contributed by atoms with Crippen molar-refractivity contribution in [3.05, 3.63) is 18.6 Å². The highest BCUT2D eigenvalue weighted by molar-refractivity contribution is 5.70. The Morgan fingerprint density at radius 2 is 2.41 bits per heavy atom. The number of piperazine rings is 1. The molecule has 1 amide bonds. The van der Waals surface area contributed by atoms with Crippen LogP contribution in [-0.2, 0) is 0 Å². The second kappa shape index (κ2) is 5.09. The van der Waals surface area contributed by atoms with Gasteiger partial charge in [-0.05, 0) is 13.8 Å². The predicted octanol–water partition coefficient (Wildman–Crippen LogP) is 0.658. The van der Waals surface area contributed by atoms with Gasteiger partial charge in [-0.15, -0.1) is 0 Å². The van der Waals surface area contributed by atoms with Crippen LogP contribution in [0.25, 0.3) is 0 Å². The summed E-state index contributed by atoms with van der Waals surface area (Å²) in [7, 11) is 0. The Bertz CT molecular complexity index is 384. The second-order valence-corrected chi connectivity index (χ2v) is 4.23. The number of nitrogens with one attached hydrogen (secondary N) is 1. The van der Waals surface area contributed by atoms with Gasteiger partial charge in [-0.2, -0.15) is 0 Å². The Balaban J connectivity index is 1.99. The van der Waals surface area contributed by atoms with E-state index in [0.717, 1.165) is 6.54 Å². The maximum atomic E-state index is 11.9. The normalized spacial score (nSPS) is 24.5. The third-order valence-corrected chi connectivity index (χ3v) is 2.75. The second-order valence-electron chi connectivity index (χ2n) is 4.23. The lowest BCUT2D eigenvalue weighted by atomic mass is 10.1. The Hall–Kier alpha value is -1.69. The average molecular weight is 236 g/mol. The van der Waals surface area contributed by atoms with Gasteiger partial charge in [0, 0.05) is 37.4 Å². The van der Waals surface area contributed by atoms with Crippen LogP contribution >= 0.6 is 0 Å². The highest BCUT2D eigenvalue weighted by Crippen LogP contribution is 2.11. The van der Waals surface area contributed by atoms with Crippen molar-refractivity contribution in [2.75, 3.05) is 13.1 Å². The quantitative estimate of drug-likeness (QED) is 0.775. The summed E-state index contributed by atoms with van der Waals surface area (Å²) >= 11 is 0. The molecule has 2 unspecified atom stereocenters. The fourth-order valence-corrected chi connectivity index (χ4v) is 1.76. The molecule has 2 atom stereocenters. The lowest BCUT2D eigenvalue weighted by Gasteiger charge is -2.36. The molecule has 2 heterocycles. The molecule has 0 spiro atoms. The summed E-state index contributed by atoms with van der Waals surface area (Å²) in [6.07, 6.45) is 2.54. The zero-order valence-electron chi connectivity index (χ0n) is 9.96. The van der Waals surface area contributed by atoms with Crippen LogP contribution in [0.3, 0.4) is 0 Å². The number of carbonyl (C=O) groups excluding carboxylic acids is 1. The molecule has 0 saturated carbocycles. The number of carbonyl (C=O) groups is 1. The predicted molar refractivity (Wildman–Crippen MR) is 61.7 cm³/mol. The molecule has 1 saturated heterocycles. The van der Waals surface area contributed by atoms with E-state index in [-0.39, 0.29) is 24.1 Å². The highest BCUT2D eigenvalue weighted by Gasteiger charge is 2.28. The first-order valence-corrected chi connectivity index (χ1v) is 5.64. The van der Waals surface area contributed by atoms with Crippen LogP contribution in [0.2, 0.25) is 0 Å². The SMILES string of the molecule is CC1CN(C(=O)Oc2ccncn2)C(C)CN1. The summed E-state index contributed by atoms with van der Waals surface area (Å²) in [6.45, 7) is 5.45. The van der Waals surface area contributed by atoms with Gasteiger partial charge in [-0.3, -0.25) is 0 Å². The number of aromatic nitrogens is 2. The van der Waals surface area contributed by atoms with Crippen molar-refractivity contribution in [2.24, 2.45) is 0 Å². The number of hydrogen-bond acceptors (Lipinski definition) is 5. The number of amides is 1. The van der Waals surface area contributed by atoms with Gasteiger partial charge in [0.25, 0.3) is 0 Å². The van der Waals surface area contributed by atoms with Gasteiger partial charge < -0.3 is 15.0 Å². The molecule has 1 aliphatic heterocycles. The molecule has 0 bridgehead atoms. The van der Waals surface area contributed by atoms with Crippen molar-refractivity contribution in [3.8, 4) is 5.88 Å². The fourth-order valence-electron chi connectivity index (χ4n) is 1.76. The summed E-state index contributed by atoms with van der Waals surface area (Å²) in [5.74, 6) is 0.281. The average Bonchev–Trinajstić information content (AvgIpc) is 2.33. The minimum absolute atomic E-state index is 0.125. The van der Waals surface area contributed by atoms with E-state index in [1.807, 2.05) is 13.8 Å². The van der Waals surface area contributed by atoms with Crippen molar-refractivity contribution >= 4 is 6.09 Å². The van der Waals surface area contributed by atoms with Crippen LogP contribution in [0.4, 0.5) is 4.79 Å². The van der Waals surface area contributed by atoms with E-state index in [0.29, 0.717) is 6.54 Å². The topological polar surface area (TPSA) is 67.4 Å². The molecular formula is C11H16N4O2. The molecule has 6 nitrogen and oxygen atoms in total. The summed E-state index contributed by atoms with van der Waals surface area (Å²) < 4.78 is 5.18. The van der Waals surface area contributed by atoms with E-state index in [9.17, 15) is 4.79 Å². The van der Waals surface area contributed by atoms with Crippen molar-refractivity contribution in [3.63, 3.8) is 0 Å². The number of rotatable bonds is 1. The Kier molecular flexibility index (Phi) is 3.53. The first-order chi connectivity index (χ1) is 8.16. The Morgan fingerprint density at radius 1 is 1.59 bits per heavy atom. The van der Waals surface area contributed by atoms with E-state index in [1.54, 1.807) is 17.2 Å². The number of hydrogen-bond donors (Lipinski definition) is 1. The molecule has 6 heteroatoms. The molecule has 1 aromatic heterocycles. The summed E-state index contributed by atoms with van der Waals surface area (Å²) in [5, 5.41) is 3.31. The smallest absolute Gasteiger partial charge is 0.391 e. The molecule has 1 aromatic rings. The molecule has 17 heavy (non-hydrogen) atoms. The Labute approximate surface area is 100 Å². The van der Waals surface area contributed by atoms with Gasteiger partial charge in [0.2, 0.25) is 5.88 Å². The first kappa shape index (κ1) is 11.8. The van der Waals surface area contributed by atoms with Gasteiger partial charge in [-0.1, -0.05) is 0 Å². The van der Waals surface area contributed by atoms with Gasteiger partial charge in [0.15, 0.2) is 0 Å². The lowest BCUT2D eigenvalue weighted by Crippen LogP contribution is -2.56. The van der Waals surface area contributed by atoms with Gasteiger partial charge in [0.05, 0.1) is 0 Å². The van der Waals surface area contributed by atoms with Crippen molar-refractivity contribution in [1.29, 1.82) is 0 Å². The van der Waals surface area contributed by atoms with Crippen LogP contribution in [-0.4, -0.2) is 46.1 Å². The zero-order chi connectivity index (χ0) is 12.3. The van der Waals surface area contributed by atoms with E-state index >= 15 is 0 Å². The summed E-state index contributed by atoms with van der Waals surface area (Å²) in [6, 6.07) is 1.97. The molecule has 0 aromatic carbocycles. The molecule has 2 rings (SSSR count). The van der Waals surface area contributed by atoms with Gasteiger partial charge in [-0.25, -0.2) is 14.8 Å². The van der Waals surface area contributed by atoms with E-state index < -0.39 is 0 Å². The number of nitrogens with zero attached hydrogens (tertiary/aromatic N) is 3. The van der Waals surface area contributed by atoms with E-state index in [4.69, 9.17) is 4.74 Å². The van der Waals surface area contributed by atoms with Crippen LogP contribution in [0, 0.1) is 0 Å². The third-order valence-electron chi connectivity index (χ3n) is 2.75. The maximum absolute atomic E-state index is 11.9. The minimum Gasteiger partial charge on any atom is -0.391 e. The minimum atomic E-state index is -0.357. The van der Waals surface area contributed by atoms with Crippen molar-refractivity contribution in [1.82, 2.24) is 20.2 Å². The maximum Gasteiger partial charge on any atom is 0.416 e. The molecule has 0 radical (unpaired) electrons. The summed E-state index contributed by atoms with van der Waals surface area (Å²) in [4.78, 5) is 21.3. The molecular weight excluding hydrogens is 220 g/mol. The van der Waals surface area contributed by atoms with E-state index in [2.05, 4.69) is 15.3 Å². The van der Waals surface area contributed by atoms with E-state index in [1.165, 1.54) is 6.33 Å². The fraction of sp³-hybridized carbons (Fsp3) is 0.545. The van der Waals surface area contributed by atoms with Crippen LogP contribution in [0.1, 0.15) is 13.8 Å². The van der Waals surface area contributed by atoms with Crippen molar-refractivity contribution < 1.29 is 9.53 Å². The monoisotopic (exact) mass is 236 g/mol. The third kappa shape index (κ3) is 2.91. The summed E-state index contributed by atoms with van der Waals surface area (Å²) in [5.41, 5.74) is 0. The molecule has 1 N–H and O–H groups in total. The first-order valence-electron chi connectivity index (χ1n) is 5.64. The molecule has 92 valence electrons. The molecule has 0 aliphatic carbocycles. The highest BCUT2D eigenvalue weighted by atomic mass is 16.6. The lowest BCUT2D eigenvalue weighted by molar-refractivity contribution is 0.111. The van der Waals surface area contributed by atoms with Crippen LogP contribution in [0.5, 0.6) is 5.88 Å². The van der Waals surface area contributed by atoms with Gasteiger partial charge in [0.1, 0.15) is 6.33 Å². The van der Waals surface area contributed by atoms with Gasteiger partial charge >= 0.3 is 6.09 Å².